The van der Waals surface area contributed by atoms with Gasteiger partial charge in [0.05, 0.1) is 23.5 Å². The van der Waals surface area contributed by atoms with Crippen molar-refractivity contribution in [3.8, 4) is 0 Å². The Morgan fingerprint density at radius 3 is 2.84 bits per heavy atom. The van der Waals surface area contributed by atoms with Crippen LogP contribution in [0.3, 0.4) is 0 Å². The van der Waals surface area contributed by atoms with Crippen molar-refractivity contribution in [2.45, 2.75) is 5.75 Å². The normalized spacial score (nSPS) is 10.4. The first-order chi connectivity index (χ1) is 9.15. The van der Waals surface area contributed by atoms with E-state index in [-0.39, 0.29) is 17.3 Å². The zero-order chi connectivity index (χ0) is 13.7. The van der Waals surface area contributed by atoms with E-state index in [0.29, 0.717) is 5.75 Å². The quantitative estimate of drug-likeness (QED) is 0.914. The van der Waals surface area contributed by atoms with Crippen molar-refractivity contribution < 1.29 is 18.0 Å². The van der Waals surface area contributed by atoms with Crippen LogP contribution in [0.25, 0.3) is 0 Å². The maximum absolute atomic E-state index is 13.3. The van der Waals surface area contributed by atoms with Crippen LogP contribution in [0.4, 0.5) is 14.5 Å². The molecular weight excluding hydrogens is 272 g/mol. The monoisotopic (exact) mass is 283 g/mol. The number of rotatable bonds is 5. The van der Waals surface area contributed by atoms with Crippen LogP contribution in [-0.4, -0.2) is 11.7 Å². The maximum Gasteiger partial charge on any atom is 0.234 e. The molecule has 0 saturated heterocycles. The van der Waals surface area contributed by atoms with Gasteiger partial charge in [-0.2, -0.15) is 0 Å². The highest BCUT2D eigenvalue weighted by atomic mass is 32.2. The van der Waals surface area contributed by atoms with Gasteiger partial charge in [0.15, 0.2) is 0 Å². The average molecular weight is 283 g/mol. The number of thioether (sulfide) groups is 1. The molecule has 0 aliphatic heterocycles. The van der Waals surface area contributed by atoms with Crippen LogP contribution < -0.4 is 5.32 Å². The highest BCUT2D eigenvalue weighted by Gasteiger charge is 2.08. The Labute approximate surface area is 113 Å². The summed E-state index contributed by atoms with van der Waals surface area (Å²) in [6.45, 7) is 0. The van der Waals surface area contributed by atoms with Crippen LogP contribution in [0.1, 0.15) is 5.76 Å². The molecule has 1 N–H and O–H groups in total. The van der Waals surface area contributed by atoms with Gasteiger partial charge in [-0.15, -0.1) is 11.8 Å². The van der Waals surface area contributed by atoms with Crippen LogP contribution in [0.2, 0.25) is 0 Å². The van der Waals surface area contributed by atoms with Gasteiger partial charge < -0.3 is 9.73 Å². The number of amides is 1. The minimum absolute atomic E-state index is 0.0231. The number of benzene rings is 1. The van der Waals surface area contributed by atoms with Crippen molar-refractivity contribution in [2.75, 3.05) is 11.1 Å². The second-order valence-electron chi connectivity index (χ2n) is 3.74. The number of hydrogen-bond acceptors (Lipinski definition) is 3. The Bertz CT molecular complexity index is 558. The Kier molecular flexibility index (Phi) is 4.57. The van der Waals surface area contributed by atoms with Gasteiger partial charge in [0.1, 0.15) is 17.4 Å². The summed E-state index contributed by atoms with van der Waals surface area (Å²) in [7, 11) is 0. The summed E-state index contributed by atoms with van der Waals surface area (Å²) in [6.07, 6.45) is 1.56. The molecule has 2 rings (SSSR count). The fourth-order valence-electron chi connectivity index (χ4n) is 1.42. The third-order valence-electron chi connectivity index (χ3n) is 2.26. The number of furan rings is 1. The van der Waals surface area contributed by atoms with Gasteiger partial charge in [0.25, 0.3) is 0 Å². The van der Waals surface area contributed by atoms with Crippen LogP contribution in [0.5, 0.6) is 0 Å². The number of carbonyl (C=O) groups is 1. The van der Waals surface area contributed by atoms with E-state index in [1.807, 2.05) is 6.07 Å². The van der Waals surface area contributed by atoms with Crippen molar-refractivity contribution in [1.29, 1.82) is 0 Å². The van der Waals surface area contributed by atoms with Gasteiger partial charge in [-0.3, -0.25) is 4.79 Å². The Balaban J connectivity index is 1.80. The molecule has 1 aromatic carbocycles. The van der Waals surface area contributed by atoms with E-state index in [1.165, 1.54) is 17.8 Å². The predicted octanol–water partition coefficient (Wildman–Crippen LogP) is 3.43. The molecule has 1 amide bonds. The van der Waals surface area contributed by atoms with Gasteiger partial charge in [0.2, 0.25) is 5.91 Å². The van der Waals surface area contributed by atoms with Gasteiger partial charge in [-0.05, 0) is 24.3 Å². The summed E-state index contributed by atoms with van der Waals surface area (Å²) < 4.78 is 31.1. The Morgan fingerprint density at radius 2 is 2.16 bits per heavy atom. The minimum atomic E-state index is -0.788. The van der Waals surface area contributed by atoms with Gasteiger partial charge in [0, 0.05) is 6.07 Å². The predicted molar refractivity (Wildman–Crippen MR) is 69.9 cm³/mol. The summed E-state index contributed by atoms with van der Waals surface area (Å²) in [5, 5.41) is 2.39. The Morgan fingerprint density at radius 1 is 1.32 bits per heavy atom. The van der Waals surface area contributed by atoms with E-state index >= 15 is 0 Å². The van der Waals surface area contributed by atoms with E-state index in [4.69, 9.17) is 4.42 Å². The highest BCUT2D eigenvalue weighted by Crippen LogP contribution is 2.16. The fraction of sp³-hybridized carbons (Fsp3) is 0.154. The minimum Gasteiger partial charge on any atom is -0.468 e. The molecule has 100 valence electrons. The molecule has 0 unspecified atom stereocenters. The molecule has 0 spiro atoms. The first kappa shape index (κ1) is 13.6. The summed E-state index contributed by atoms with van der Waals surface area (Å²) in [4.78, 5) is 11.6. The number of nitrogens with one attached hydrogen (secondary N) is 1. The molecule has 0 bridgehead atoms. The zero-order valence-corrected chi connectivity index (χ0v) is 10.7. The SMILES string of the molecule is O=C(CSCc1ccco1)Nc1ccc(F)cc1F. The number of halogens is 2. The van der Waals surface area contributed by atoms with Gasteiger partial charge >= 0.3 is 0 Å². The van der Waals surface area contributed by atoms with Crippen LogP contribution in [-0.2, 0) is 10.5 Å². The molecular formula is C13H11F2NO2S. The largest absolute Gasteiger partial charge is 0.468 e. The molecule has 0 aliphatic rings. The highest BCUT2D eigenvalue weighted by molar-refractivity contribution is 7.99. The maximum atomic E-state index is 13.3. The first-order valence-electron chi connectivity index (χ1n) is 5.50. The smallest absolute Gasteiger partial charge is 0.234 e. The number of hydrogen-bond donors (Lipinski definition) is 1. The molecule has 0 radical (unpaired) electrons. The van der Waals surface area contributed by atoms with Gasteiger partial charge in [-0.1, -0.05) is 0 Å². The fourth-order valence-corrected chi connectivity index (χ4v) is 2.14. The van der Waals surface area contributed by atoms with Crippen molar-refractivity contribution in [3.63, 3.8) is 0 Å². The lowest BCUT2D eigenvalue weighted by atomic mass is 10.3. The van der Waals surface area contributed by atoms with Crippen LogP contribution in [0.15, 0.2) is 41.0 Å². The Hall–Kier alpha value is -1.82. The summed E-state index contributed by atoms with van der Waals surface area (Å²) in [5.41, 5.74) is -0.0231. The zero-order valence-electron chi connectivity index (χ0n) is 9.86. The molecule has 0 atom stereocenters. The molecule has 1 heterocycles. The third-order valence-corrected chi connectivity index (χ3v) is 3.22. The van der Waals surface area contributed by atoms with E-state index < -0.39 is 11.6 Å². The molecule has 2 aromatic rings. The number of anilines is 1. The van der Waals surface area contributed by atoms with Crippen LogP contribution >= 0.6 is 11.8 Å². The lowest BCUT2D eigenvalue weighted by Crippen LogP contribution is -2.15. The molecule has 1 aromatic heterocycles. The molecule has 0 saturated carbocycles. The van der Waals surface area contributed by atoms with Crippen molar-refractivity contribution in [1.82, 2.24) is 0 Å². The molecule has 6 heteroatoms. The van der Waals surface area contributed by atoms with Gasteiger partial charge in [-0.25, -0.2) is 8.78 Å². The summed E-state index contributed by atoms with van der Waals surface area (Å²) in [6, 6.07) is 6.59. The van der Waals surface area contributed by atoms with E-state index in [0.717, 1.165) is 17.9 Å². The molecule has 19 heavy (non-hydrogen) atoms. The van der Waals surface area contributed by atoms with Crippen molar-refractivity contribution >= 4 is 23.4 Å². The summed E-state index contributed by atoms with van der Waals surface area (Å²) >= 11 is 1.35. The average Bonchev–Trinajstić information content (AvgIpc) is 2.86. The van der Waals surface area contributed by atoms with E-state index in [9.17, 15) is 13.6 Å². The topological polar surface area (TPSA) is 42.2 Å². The lowest BCUT2D eigenvalue weighted by Gasteiger charge is -2.05. The van der Waals surface area contributed by atoms with E-state index in [2.05, 4.69) is 5.32 Å². The van der Waals surface area contributed by atoms with E-state index in [1.54, 1.807) is 12.3 Å². The second-order valence-corrected chi connectivity index (χ2v) is 4.73. The van der Waals surface area contributed by atoms with Crippen LogP contribution in [0, 0.1) is 11.6 Å². The van der Waals surface area contributed by atoms with Crippen molar-refractivity contribution in [3.05, 3.63) is 54.0 Å². The molecule has 0 aliphatic carbocycles. The standard InChI is InChI=1S/C13H11F2NO2S/c14-9-3-4-12(11(15)6-9)16-13(17)8-19-7-10-2-1-5-18-10/h1-6H,7-8H2,(H,16,17). The second kappa shape index (κ2) is 6.38. The first-order valence-corrected chi connectivity index (χ1v) is 6.65. The van der Waals surface area contributed by atoms with Crippen molar-refractivity contribution in [2.24, 2.45) is 0 Å². The number of carbonyl (C=O) groups excluding carboxylic acids is 1. The summed E-state index contributed by atoms with van der Waals surface area (Å²) in [5.74, 6) is -0.316. The third kappa shape index (κ3) is 4.10. The molecule has 0 fully saturated rings. The molecule has 3 nitrogen and oxygen atoms in total. The lowest BCUT2D eigenvalue weighted by molar-refractivity contribution is -0.113.